The molecule has 1 aliphatic carbocycles. The Labute approximate surface area is 142 Å². The average Bonchev–Trinajstić information content (AvgIpc) is 3.05. The summed E-state index contributed by atoms with van der Waals surface area (Å²) in [5.41, 5.74) is 5.72. The molecule has 0 unspecified atom stereocenters. The number of hydrogen-bond acceptors (Lipinski definition) is 3. The molecule has 1 aliphatic heterocycles. The number of rotatable bonds is 2. The van der Waals surface area contributed by atoms with Crippen molar-refractivity contribution in [2.24, 2.45) is 5.92 Å². The molecule has 1 N–H and O–H groups in total. The van der Waals surface area contributed by atoms with Crippen molar-refractivity contribution in [1.29, 1.82) is 0 Å². The molecule has 0 saturated heterocycles. The van der Waals surface area contributed by atoms with Crippen molar-refractivity contribution in [3.8, 4) is 0 Å². The van der Waals surface area contributed by atoms with Crippen LogP contribution in [0.25, 0.3) is 0 Å². The Kier molecular flexibility index (Phi) is 3.45. The topological polar surface area (TPSA) is 52.2 Å². The highest BCUT2D eigenvalue weighted by Crippen LogP contribution is 2.51. The van der Waals surface area contributed by atoms with Crippen LogP contribution in [-0.2, 0) is 0 Å². The summed E-state index contributed by atoms with van der Waals surface area (Å²) < 4.78 is 0. The van der Waals surface area contributed by atoms with E-state index in [1.807, 2.05) is 13.0 Å². The van der Waals surface area contributed by atoms with Crippen LogP contribution in [0.1, 0.15) is 51.0 Å². The Morgan fingerprint density at radius 1 is 1.12 bits per heavy atom. The monoisotopic (exact) mass is 318 g/mol. The van der Waals surface area contributed by atoms with Crippen molar-refractivity contribution in [2.75, 3.05) is 5.32 Å². The minimum atomic E-state index is -1.10. The molecular formula is C21H20NO2-. The molecule has 2 aromatic rings. The van der Waals surface area contributed by atoms with Crippen LogP contribution in [0.15, 0.2) is 48.6 Å². The molecule has 3 heteroatoms. The van der Waals surface area contributed by atoms with E-state index in [1.165, 1.54) is 11.1 Å². The molecule has 1 heterocycles. The fourth-order valence-corrected chi connectivity index (χ4v) is 4.14. The third kappa shape index (κ3) is 2.23. The normalized spacial score (nSPS) is 24.2. The van der Waals surface area contributed by atoms with Crippen LogP contribution in [0.4, 0.5) is 5.69 Å². The van der Waals surface area contributed by atoms with Crippen LogP contribution < -0.4 is 10.4 Å². The second-order valence-electron chi connectivity index (χ2n) is 6.89. The lowest BCUT2D eigenvalue weighted by molar-refractivity contribution is -0.255. The van der Waals surface area contributed by atoms with Crippen LogP contribution in [0.2, 0.25) is 0 Å². The molecule has 122 valence electrons. The second kappa shape index (κ2) is 5.52. The standard InChI is InChI=1S/C21H21NO2/c1-12-6-9-14(10-7-12)20-16-5-3-4-15(16)18-17(21(23)24)11-8-13(2)19(18)22-20/h3-4,6-11,15-16,20,22H,5H2,1-2H3,(H,23,24)/p-1/t15-,16+,20+/m0/s1. The molecule has 0 aromatic heterocycles. The van der Waals surface area contributed by atoms with Gasteiger partial charge in [-0.05, 0) is 42.9 Å². The predicted octanol–water partition coefficient (Wildman–Crippen LogP) is 3.49. The van der Waals surface area contributed by atoms with Gasteiger partial charge >= 0.3 is 0 Å². The number of aromatic carboxylic acids is 1. The van der Waals surface area contributed by atoms with E-state index >= 15 is 0 Å². The molecule has 0 amide bonds. The van der Waals surface area contributed by atoms with Gasteiger partial charge in [0.2, 0.25) is 0 Å². The number of aryl methyl sites for hydroxylation is 2. The Morgan fingerprint density at radius 2 is 1.88 bits per heavy atom. The second-order valence-corrected chi connectivity index (χ2v) is 6.89. The number of fused-ring (bicyclic) bond motifs is 3. The highest BCUT2D eigenvalue weighted by atomic mass is 16.4. The molecule has 3 atom stereocenters. The van der Waals surface area contributed by atoms with Crippen molar-refractivity contribution >= 4 is 11.7 Å². The van der Waals surface area contributed by atoms with Crippen molar-refractivity contribution in [3.05, 3.63) is 76.4 Å². The van der Waals surface area contributed by atoms with Gasteiger partial charge in [0.25, 0.3) is 0 Å². The van der Waals surface area contributed by atoms with E-state index in [0.717, 1.165) is 23.2 Å². The average molecular weight is 318 g/mol. The number of nitrogens with one attached hydrogen (secondary N) is 1. The first-order chi connectivity index (χ1) is 11.6. The van der Waals surface area contributed by atoms with E-state index in [9.17, 15) is 9.90 Å². The highest BCUT2D eigenvalue weighted by Gasteiger charge is 2.39. The summed E-state index contributed by atoms with van der Waals surface area (Å²) in [5, 5.41) is 15.2. The van der Waals surface area contributed by atoms with Crippen LogP contribution in [-0.4, -0.2) is 5.97 Å². The summed E-state index contributed by atoms with van der Waals surface area (Å²) >= 11 is 0. The van der Waals surface area contributed by atoms with Gasteiger partial charge in [-0.2, -0.15) is 0 Å². The molecule has 0 bridgehead atoms. The zero-order chi connectivity index (χ0) is 16.8. The van der Waals surface area contributed by atoms with Gasteiger partial charge in [0.15, 0.2) is 0 Å². The number of benzene rings is 2. The number of carboxylic acid groups (broad SMARTS) is 1. The molecule has 3 nitrogen and oxygen atoms in total. The van der Waals surface area contributed by atoms with E-state index in [-0.39, 0.29) is 12.0 Å². The van der Waals surface area contributed by atoms with Gasteiger partial charge in [0.05, 0.1) is 12.0 Å². The first-order valence-corrected chi connectivity index (χ1v) is 8.41. The van der Waals surface area contributed by atoms with Gasteiger partial charge in [-0.25, -0.2) is 0 Å². The maximum atomic E-state index is 11.6. The van der Waals surface area contributed by atoms with E-state index in [4.69, 9.17) is 0 Å². The summed E-state index contributed by atoms with van der Waals surface area (Å²) in [6.07, 6.45) is 5.29. The van der Waals surface area contributed by atoms with E-state index in [0.29, 0.717) is 11.5 Å². The molecule has 0 radical (unpaired) electrons. The lowest BCUT2D eigenvalue weighted by Crippen LogP contribution is -2.33. The fourth-order valence-electron chi connectivity index (χ4n) is 4.14. The number of hydrogen-bond donors (Lipinski definition) is 1. The molecule has 2 aromatic carbocycles. The number of carbonyl (C=O) groups is 1. The predicted molar refractivity (Wildman–Crippen MR) is 93.0 cm³/mol. The number of carboxylic acids is 1. The largest absolute Gasteiger partial charge is 0.545 e. The Bertz CT molecular complexity index is 836. The van der Waals surface area contributed by atoms with Crippen LogP contribution in [0.3, 0.4) is 0 Å². The summed E-state index contributed by atoms with van der Waals surface area (Å²) in [6, 6.07) is 12.3. The minimum Gasteiger partial charge on any atom is -0.545 e. The third-order valence-electron chi connectivity index (χ3n) is 5.38. The SMILES string of the molecule is Cc1ccc([C@H]2Nc3c(C)ccc(C(=O)[O-])c3[C@H]3C=CC[C@H]32)cc1. The van der Waals surface area contributed by atoms with Crippen molar-refractivity contribution < 1.29 is 9.90 Å². The first kappa shape index (κ1) is 15.0. The molecule has 0 fully saturated rings. The first-order valence-electron chi connectivity index (χ1n) is 8.41. The Morgan fingerprint density at radius 3 is 2.58 bits per heavy atom. The highest BCUT2D eigenvalue weighted by molar-refractivity contribution is 5.91. The van der Waals surface area contributed by atoms with Crippen molar-refractivity contribution in [3.63, 3.8) is 0 Å². The van der Waals surface area contributed by atoms with Gasteiger partial charge in [-0.15, -0.1) is 0 Å². The smallest absolute Gasteiger partial charge is 0.0719 e. The lowest BCUT2D eigenvalue weighted by Gasteiger charge is -2.39. The molecule has 0 saturated carbocycles. The van der Waals surface area contributed by atoms with Gasteiger partial charge in [0.1, 0.15) is 0 Å². The minimum absolute atomic E-state index is 0.125. The van der Waals surface area contributed by atoms with Crippen molar-refractivity contribution in [2.45, 2.75) is 32.2 Å². The van der Waals surface area contributed by atoms with Crippen molar-refractivity contribution in [1.82, 2.24) is 0 Å². The molecule has 4 rings (SSSR count). The third-order valence-corrected chi connectivity index (χ3v) is 5.38. The van der Waals surface area contributed by atoms with E-state index in [1.54, 1.807) is 6.07 Å². The lowest BCUT2D eigenvalue weighted by atomic mass is 9.74. The Balaban J connectivity index is 1.86. The van der Waals surface area contributed by atoms with Gasteiger partial charge in [-0.3, -0.25) is 0 Å². The summed E-state index contributed by atoms with van der Waals surface area (Å²) in [4.78, 5) is 11.6. The van der Waals surface area contributed by atoms with E-state index < -0.39 is 5.97 Å². The number of anilines is 1. The molecule has 24 heavy (non-hydrogen) atoms. The van der Waals surface area contributed by atoms with Crippen LogP contribution in [0, 0.1) is 19.8 Å². The maximum absolute atomic E-state index is 11.6. The van der Waals surface area contributed by atoms with Gasteiger partial charge in [-0.1, -0.05) is 54.1 Å². The fraction of sp³-hybridized carbons (Fsp3) is 0.286. The van der Waals surface area contributed by atoms with Gasteiger partial charge in [0, 0.05) is 17.2 Å². The van der Waals surface area contributed by atoms with Gasteiger partial charge < -0.3 is 15.2 Å². The van der Waals surface area contributed by atoms with Crippen LogP contribution in [0.5, 0.6) is 0 Å². The number of carbonyl (C=O) groups excluding carboxylic acids is 1. The summed E-state index contributed by atoms with van der Waals surface area (Å²) in [7, 11) is 0. The molecule has 2 aliphatic rings. The number of allylic oxidation sites excluding steroid dienone is 2. The Hall–Kier alpha value is -2.55. The summed E-state index contributed by atoms with van der Waals surface area (Å²) in [5.74, 6) is -0.638. The zero-order valence-electron chi connectivity index (χ0n) is 13.9. The van der Waals surface area contributed by atoms with E-state index in [2.05, 4.69) is 48.7 Å². The molecular weight excluding hydrogens is 298 g/mol. The quantitative estimate of drug-likeness (QED) is 0.862. The maximum Gasteiger partial charge on any atom is 0.0719 e. The molecule has 0 spiro atoms. The van der Waals surface area contributed by atoms with Crippen LogP contribution >= 0.6 is 0 Å². The summed E-state index contributed by atoms with van der Waals surface area (Å²) in [6.45, 7) is 4.11. The zero-order valence-corrected chi connectivity index (χ0v) is 13.9.